The summed E-state index contributed by atoms with van der Waals surface area (Å²) in [4.78, 5) is 11.5. The molecule has 5 nitrogen and oxygen atoms in total. The molecule has 0 heterocycles. The third-order valence-electron chi connectivity index (χ3n) is 4.20. The second kappa shape index (κ2) is 4.86. The average molecular weight is 297 g/mol. The van der Waals surface area contributed by atoms with Crippen molar-refractivity contribution in [2.75, 3.05) is 12.8 Å². The van der Waals surface area contributed by atoms with Gasteiger partial charge in [0.25, 0.3) is 0 Å². The van der Waals surface area contributed by atoms with Crippen LogP contribution in [-0.2, 0) is 21.1 Å². The normalized spacial score (nSPS) is 29.1. The maximum absolute atomic E-state index is 11.9. The van der Waals surface area contributed by atoms with Crippen LogP contribution in [0.4, 0.5) is 0 Å². The highest BCUT2D eigenvalue weighted by Gasteiger charge is 2.74. The van der Waals surface area contributed by atoms with E-state index in [1.807, 2.05) is 31.2 Å². The first-order valence-electron chi connectivity index (χ1n) is 6.50. The van der Waals surface area contributed by atoms with Gasteiger partial charge >= 0.3 is 5.97 Å². The van der Waals surface area contributed by atoms with E-state index >= 15 is 0 Å². The summed E-state index contributed by atoms with van der Waals surface area (Å²) in [5.41, 5.74) is 6.06. The lowest BCUT2D eigenvalue weighted by Gasteiger charge is -2.09. The molecule has 3 N–H and O–H groups in total. The van der Waals surface area contributed by atoms with Crippen molar-refractivity contribution < 1.29 is 18.3 Å². The number of carboxylic acids is 1. The van der Waals surface area contributed by atoms with Gasteiger partial charge in [-0.1, -0.05) is 31.2 Å². The van der Waals surface area contributed by atoms with Crippen LogP contribution in [0.5, 0.6) is 0 Å². The van der Waals surface area contributed by atoms with Gasteiger partial charge in [0.15, 0.2) is 9.84 Å². The van der Waals surface area contributed by atoms with Gasteiger partial charge in [0.05, 0.1) is 5.25 Å². The maximum Gasteiger partial charge on any atom is 0.312 e. The summed E-state index contributed by atoms with van der Waals surface area (Å²) >= 11 is 0. The molecular formula is C14H19NO4S. The number of carboxylic acid groups (broad SMARTS) is 1. The highest BCUT2D eigenvalue weighted by molar-refractivity contribution is 7.91. The number of nitrogens with two attached hydrogens (primary N) is 1. The molecule has 3 atom stereocenters. The molecule has 1 aliphatic carbocycles. The van der Waals surface area contributed by atoms with E-state index in [2.05, 4.69) is 0 Å². The van der Waals surface area contributed by atoms with Crippen molar-refractivity contribution in [3.63, 3.8) is 0 Å². The van der Waals surface area contributed by atoms with Crippen LogP contribution in [0.2, 0.25) is 0 Å². The quantitative estimate of drug-likeness (QED) is 0.837. The van der Waals surface area contributed by atoms with Crippen LogP contribution in [0.3, 0.4) is 0 Å². The van der Waals surface area contributed by atoms with Crippen molar-refractivity contribution in [2.24, 2.45) is 11.1 Å². The summed E-state index contributed by atoms with van der Waals surface area (Å²) < 4.78 is 23.7. The lowest BCUT2D eigenvalue weighted by molar-refractivity contribution is -0.143. The molecule has 1 aliphatic rings. The number of aliphatic carboxylic acids is 1. The van der Waals surface area contributed by atoms with Gasteiger partial charge in [0, 0.05) is 18.7 Å². The van der Waals surface area contributed by atoms with Crippen molar-refractivity contribution in [3.8, 4) is 0 Å². The lowest BCUT2D eigenvalue weighted by Crippen LogP contribution is -2.31. The Labute approximate surface area is 118 Å². The Bertz CT molecular complexity index is 623. The Morgan fingerprint density at radius 3 is 2.20 bits per heavy atom. The largest absolute Gasteiger partial charge is 0.481 e. The van der Waals surface area contributed by atoms with E-state index in [0.29, 0.717) is 0 Å². The summed E-state index contributed by atoms with van der Waals surface area (Å²) in [6.07, 6.45) is 1.95. The van der Waals surface area contributed by atoms with Crippen molar-refractivity contribution in [3.05, 3.63) is 35.4 Å². The molecule has 2 rings (SSSR count). The molecule has 1 aromatic carbocycles. The molecule has 0 saturated heterocycles. The Morgan fingerprint density at radius 2 is 1.90 bits per heavy atom. The molecule has 1 fully saturated rings. The van der Waals surface area contributed by atoms with E-state index in [9.17, 15) is 18.3 Å². The molecule has 110 valence electrons. The van der Waals surface area contributed by atoms with Gasteiger partial charge < -0.3 is 10.8 Å². The van der Waals surface area contributed by atoms with Crippen LogP contribution in [-0.4, -0.2) is 37.5 Å². The molecule has 0 amide bonds. The molecule has 0 unspecified atom stereocenters. The van der Waals surface area contributed by atoms with Crippen LogP contribution >= 0.6 is 0 Å². The van der Waals surface area contributed by atoms with E-state index < -0.39 is 32.4 Å². The SMILES string of the molecule is CCc1ccc([C@@H]2[C@@H](S(C)(=O)=O)[C@]2(CN)C(=O)O)cc1. The van der Waals surface area contributed by atoms with Crippen LogP contribution < -0.4 is 5.73 Å². The summed E-state index contributed by atoms with van der Waals surface area (Å²) in [6.45, 7) is 1.84. The third-order valence-corrected chi connectivity index (χ3v) is 5.82. The second-order valence-electron chi connectivity index (χ2n) is 5.37. The zero-order valence-corrected chi connectivity index (χ0v) is 12.4. The predicted octanol–water partition coefficient (Wildman–Crippen LogP) is 0.789. The molecule has 1 saturated carbocycles. The summed E-state index contributed by atoms with van der Waals surface area (Å²) in [5.74, 6) is -1.70. The van der Waals surface area contributed by atoms with Gasteiger partial charge in [-0.25, -0.2) is 8.42 Å². The second-order valence-corrected chi connectivity index (χ2v) is 7.54. The van der Waals surface area contributed by atoms with Gasteiger partial charge in [-0.3, -0.25) is 4.79 Å². The number of rotatable bonds is 5. The van der Waals surface area contributed by atoms with Crippen molar-refractivity contribution in [1.82, 2.24) is 0 Å². The van der Waals surface area contributed by atoms with Gasteiger partial charge in [0.2, 0.25) is 0 Å². The zero-order valence-electron chi connectivity index (χ0n) is 11.5. The summed E-state index contributed by atoms with van der Waals surface area (Å²) in [6, 6.07) is 7.41. The monoisotopic (exact) mass is 297 g/mol. The average Bonchev–Trinajstić information content (AvgIpc) is 3.09. The Kier molecular flexibility index (Phi) is 3.64. The smallest absolute Gasteiger partial charge is 0.312 e. The van der Waals surface area contributed by atoms with E-state index in [4.69, 9.17) is 5.73 Å². The molecule has 6 heteroatoms. The van der Waals surface area contributed by atoms with E-state index in [1.54, 1.807) is 0 Å². The number of sulfone groups is 1. The standard InChI is InChI=1S/C14H19NO4S/c1-3-9-4-6-10(7-5-9)11-12(20(2,18)19)14(11,8-15)13(16)17/h4-7,11-12H,3,8,15H2,1-2H3,(H,16,17)/t11-,12-,14-/m1/s1. The number of hydrogen-bond donors (Lipinski definition) is 2. The van der Waals surface area contributed by atoms with Gasteiger partial charge in [-0.05, 0) is 17.5 Å². The Morgan fingerprint density at radius 1 is 1.35 bits per heavy atom. The van der Waals surface area contributed by atoms with Crippen LogP contribution in [0.15, 0.2) is 24.3 Å². The molecule has 0 spiro atoms. The molecule has 0 bridgehead atoms. The molecule has 1 aromatic rings. The summed E-state index contributed by atoms with van der Waals surface area (Å²) in [5, 5.41) is 8.49. The molecule has 0 aromatic heterocycles. The highest BCUT2D eigenvalue weighted by atomic mass is 32.2. The number of hydrogen-bond acceptors (Lipinski definition) is 4. The molecule has 0 aliphatic heterocycles. The van der Waals surface area contributed by atoms with Crippen LogP contribution in [0, 0.1) is 5.41 Å². The van der Waals surface area contributed by atoms with Crippen molar-refractivity contribution in [2.45, 2.75) is 24.5 Å². The van der Waals surface area contributed by atoms with E-state index in [0.717, 1.165) is 23.8 Å². The minimum Gasteiger partial charge on any atom is -0.481 e. The van der Waals surface area contributed by atoms with Crippen molar-refractivity contribution >= 4 is 15.8 Å². The first kappa shape index (κ1) is 15.0. The molecule has 20 heavy (non-hydrogen) atoms. The summed E-state index contributed by atoms with van der Waals surface area (Å²) in [7, 11) is -3.47. The third kappa shape index (κ3) is 2.13. The van der Waals surface area contributed by atoms with Crippen molar-refractivity contribution in [1.29, 1.82) is 0 Å². The van der Waals surface area contributed by atoms with Gasteiger partial charge in [-0.15, -0.1) is 0 Å². The number of carbonyl (C=O) groups is 1. The first-order chi connectivity index (χ1) is 9.29. The fraction of sp³-hybridized carbons (Fsp3) is 0.500. The highest BCUT2D eigenvalue weighted by Crippen LogP contribution is 2.62. The molecular weight excluding hydrogens is 278 g/mol. The predicted molar refractivity (Wildman–Crippen MR) is 76.3 cm³/mol. The number of aryl methyl sites for hydroxylation is 1. The van der Waals surface area contributed by atoms with Gasteiger partial charge in [0.1, 0.15) is 5.41 Å². The zero-order chi connectivity index (χ0) is 15.1. The molecule has 0 radical (unpaired) electrons. The first-order valence-corrected chi connectivity index (χ1v) is 8.45. The van der Waals surface area contributed by atoms with Crippen LogP contribution in [0.25, 0.3) is 0 Å². The van der Waals surface area contributed by atoms with E-state index in [-0.39, 0.29) is 6.54 Å². The Balaban J connectivity index is 2.46. The maximum atomic E-state index is 11.9. The fourth-order valence-electron chi connectivity index (χ4n) is 3.05. The minimum absolute atomic E-state index is 0.180. The lowest BCUT2D eigenvalue weighted by atomic mass is 9.98. The minimum atomic E-state index is -3.47. The van der Waals surface area contributed by atoms with Gasteiger partial charge in [-0.2, -0.15) is 0 Å². The fourth-order valence-corrected chi connectivity index (χ4v) is 4.98. The Hall–Kier alpha value is -1.40. The topological polar surface area (TPSA) is 97.5 Å². The van der Waals surface area contributed by atoms with E-state index in [1.165, 1.54) is 0 Å². The number of benzene rings is 1. The van der Waals surface area contributed by atoms with Crippen LogP contribution in [0.1, 0.15) is 24.0 Å².